The van der Waals surface area contributed by atoms with Crippen molar-refractivity contribution in [3.63, 3.8) is 0 Å². The lowest BCUT2D eigenvalue weighted by atomic mass is 10.1. The first kappa shape index (κ1) is 17.9. The second-order valence-electron chi connectivity index (χ2n) is 5.04. The van der Waals surface area contributed by atoms with Gasteiger partial charge >= 0.3 is 0 Å². The van der Waals surface area contributed by atoms with Gasteiger partial charge in [-0.2, -0.15) is 0 Å². The number of tetrazole rings is 1. The number of hydrogen-bond acceptors (Lipinski definition) is 5. The van der Waals surface area contributed by atoms with Crippen molar-refractivity contribution in [1.82, 2.24) is 25.1 Å². The average Bonchev–Trinajstić information content (AvgIpc) is 3.09. The Morgan fingerprint density at radius 2 is 2.04 bits per heavy atom. The van der Waals surface area contributed by atoms with E-state index in [0.717, 1.165) is 0 Å². The standard InChI is InChI=1S/C15H19ClN6O2/c1-3-21(4-2)15(24)11-5-6-12(16)13(9-11)18-14(23)7-8-22-10-17-19-20-22/h5-6,9-10H,3-4,7-8H2,1-2H3,(H,18,23). The zero-order valence-corrected chi connectivity index (χ0v) is 14.3. The summed E-state index contributed by atoms with van der Waals surface area (Å²) in [5.41, 5.74) is 0.898. The molecule has 24 heavy (non-hydrogen) atoms. The van der Waals surface area contributed by atoms with Crippen LogP contribution in [0.1, 0.15) is 30.6 Å². The average molecular weight is 351 g/mol. The highest BCUT2D eigenvalue weighted by Crippen LogP contribution is 2.24. The Balaban J connectivity index is 2.05. The molecule has 2 rings (SSSR count). The molecule has 2 amide bonds. The van der Waals surface area contributed by atoms with Crippen molar-refractivity contribution in [3.8, 4) is 0 Å². The summed E-state index contributed by atoms with van der Waals surface area (Å²) < 4.78 is 1.46. The molecule has 1 aromatic carbocycles. The Kier molecular flexibility index (Phi) is 6.25. The van der Waals surface area contributed by atoms with E-state index in [9.17, 15) is 9.59 Å². The van der Waals surface area contributed by atoms with E-state index in [0.29, 0.717) is 35.9 Å². The van der Waals surface area contributed by atoms with Crippen molar-refractivity contribution in [2.45, 2.75) is 26.8 Å². The molecule has 9 heteroatoms. The monoisotopic (exact) mass is 350 g/mol. The van der Waals surface area contributed by atoms with Gasteiger partial charge in [0, 0.05) is 25.1 Å². The zero-order chi connectivity index (χ0) is 17.5. The molecule has 0 radical (unpaired) electrons. The Morgan fingerprint density at radius 3 is 2.67 bits per heavy atom. The fourth-order valence-corrected chi connectivity index (χ4v) is 2.32. The molecule has 0 unspecified atom stereocenters. The molecule has 128 valence electrons. The third kappa shape index (κ3) is 4.51. The van der Waals surface area contributed by atoms with Crippen LogP contribution in [0, 0.1) is 0 Å². The Morgan fingerprint density at radius 1 is 1.29 bits per heavy atom. The van der Waals surface area contributed by atoms with Crippen LogP contribution in [-0.2, 0) is 11.3 Å². The SMILES string of the molecule is CCN(CC)C(=O)c1ccc(Cl)c(NC(=O)CCn2cnnn2)c1. The van der Waals surface area contributed by atoms with E-state index in [4.69, 9.17) is 11.6 Å². The summed E-state index contributed by atoms with van der Waals surface area (Å²) in [7, 11) is 0. The maximum absolute atomic E-state index is 12.4. The first-order chi connectivity index (χ1) is 11.5. The quantitative estimate of drug-likeness (QED) is 0.822. The van der Waals surface area contributed by atoms with Gasteiger partial charge in [0.05, 0.1) is 17.3 Å². The Hall–Kier alpha value is -2.48. The lowest BCUT2D eigenvalue weighted by Crippen LogP contribution is -2.30. The molecule has 8 nitrogen and oxygen atoms in total. The van der Waals surface area contributed by atoms with Gasteiger partial charge in [-0.15, -0.1) is 5.10 Å². The number of hydrogen-bond donors (Lipinski definition) is 1. The van der Waals surface area contributed by atoms with E-state index in [1.165, 1.54) is 11.0 Å². The lowest BCUT2D eigenvalue weighted by molar-refractivity contribution is -0.116. The van der Waals surface area contributed by atoms with Crippen LogP contribution >= 0.6 is 11.6 Å². The third-order valence-corrected chi connectivity index (χ3v) is 3.83. The number of aryl methyl sites for hydroxylation is 1. The van der Waals surface area contributed by atoms with Crippen LogP contribution < -0.4 is 5.32 Å². The molecular weight excluding hydrogens is 332 g/mol. The van der Waals surface area contributed by atoms with Crippen LogP contribution in [0.4, 0.5) is 5.69 Å². The topological polar surface area (TPSA) is 93.0 Å². The molecule has 1 aromatic heterocycles. The number of halogens is 1. The number of carbonyl (C=O) groups is 2. The van der Waals surface area contributed by atoms with Crippen molar-refractivity contribution in [2.24, 2.45) is 0 Å². The van der Waals surface area contributed by atoms with Gasteiger partial charge in [-0.05, 0) is 42.5 Å². The molecule has 0 aliphatic carbocycles. The summed E-state index contributed by atoms with van der Waals surface area (Å²) in [5, 5.41) is 13.8. The minimum Gasteiger partial charge on any atom is -0.339 e. The number of nitrogens with zero attached hydrogens (tertiary/aromatic N) is 5. The molecule has 1 N–H and O–H groups in total. The second-order valence-corrected chi connectivity index (χ2v) is 5.45. The smallest absolute Gasteiger partial charge is 0.253 e. The molecule has 0 fully saturated rings. The van der Waals surface area contributed by atoms with Crippen LogP contribution in [0.25, 0.3) is 0 Å². The van der Waals surface area contributed by atoms with Crippen molar-refractivity contribution < 1.29 is 9.59 Å². The second kappa shape index (κ2) is 8.39. The molecule has 0 aliphatic rings. The van der Waals surface area contributed by atoms with Crippen LogP contribution in [-0.4, -0.2) is 50.0 Å². The van der Waals surface area contributed by atoms with Gasteiger partial charge in [0.2, 0.25) is 5.91 Å². The van der Waals surface area contributed by atoms with E-state index >= 15 is 0 Å². The predicted molar refractivity (Wildman–Crippen MR) is 89.8 cm³/mol. The molecule has 2 aromatic rings. The summed E-state index contributed by atoms with van der Waals surface area (Å²) >= 11 is 6.11. The molecule has 0 spiro atoms. The fraction of sp³-hybridized carbons (Fsp3) is 0.400. The van der Waals surface area contributed by atoms with Crippen LogP contribution in [0.3, 0.4) is 0 Å². The van der Waals surface area contributed by atoms with E-state index in [1.54, 1.807) is 23.1 Å². The van der Waals surface area contributed by atoms with Gasteiger partial charge in [0.1, 0.15) is 6.33 Å². The Labute approximate surface area is 144 Å². The maximum Gasteiger partial charge on any atom is 0.253 e. The highest BCUT2D eigenvalue weighted by molar-refractivity contribution is 6.33. The van der Waals surface area contributed by atoms with Gasteiger partial charge in [-0.3, -0.25) is 9.59 Å². The van der Waals surface area contributed by atoms with Crippen LogP contribution in [0.15, 0.2) is 24.5 Å². The number of aromatic nitrogens is 4. The molecule has 0 bridgehead atoms. The number of amides is 2. The number of benzene rings is 1. The molecular formula is C15H19ClN6O2. The van der Waals surface area contributed by atoms with Gasteiger partial charge in [-0.1, -0.05) is 11.6 Å². The third-order valence-electron chi connectivity index (χ3n) is 3.50. The highest BCUT2D eigenvalue weighted by atomic mass is 35.5. The summed E-state index contributed by atoms with van der Waals surface area (Å²) in [6.45, 7) is 5.42. The number of carbonyl (C=O) groups excluding carboxylic acids is 2. The van der Waals surface area contributed by atoms with E-state index in [1.807, 2.05) is 13.8 Å². The fourth-order valence-electron chi connectivity index (χ4n) is 2.16. The first-order valence-electron chi connectivity index (χ1n) is 7.64. The van der Waals surface area contributed by atoms with Crippen molar-refractivity contribution in [3.05, 3.63) is 35.1 Å². The number of anilines is 1. The van der Waals surface area contributed by atoms with Crippen molar-refractivity contribution >= 4 is 29.1 Å². The summed E-state index contributed by atoms with van der Waals surface area (Å²) in [4.78, 5) is 26.1. The maximum atomic E-state index is 12.4. The summed E-state index contributed by atoms with van der Waals surface area (Å²) in [5.74, 6) is -0.333. The zero-order valence-electron chi connectivity index (χ0n) is 13.6. The Bertz CT molecular complexity index is 700. The summed E-state index contributed by atoms with van der Waals surface area (Å²) in [6, 6.07) is 4.85. The van der Waals surface area contributed by atoms with Gasteiger partial charge in [0.25, 0.3) is 5.91 Å². The predicted octanol–water partition coefficient (Wildman–Crippen LogP) is 1.84. The van der Waals surface area contributed by atoms with Gasteiger partial charge < -0.3 is 10.2 Å². The van der Waals surface area contributed by atoms with Crippen LogP contribution in [0.2, 0.25) is 5.02 Å². The lowest BCUT2D eigenvalue weighted by Gasteiger charge is -2.19. The normalized spacial score (nSPS) is 10.5. The minimum atomic E-state index is -0.236. The van der Waals surface area contributed by atoms with Gasteiger partial charge in [0.15, 0.2) is 0 Å². The summed E-state index contributed by atoms with van der Waals surface area (Å²) in [6.07, 6.45) is 1.62. The molecule has 0 saturated heterocycles. The number of nitrogens with one attached hydrogen (secondary N) is 1. The highest BCUT2D eigenvalue weighted by Gasteiger charge is 2.15. The number of rotatable bonds is 7. The van der Waals surface area contributed by atoms with E-state index < -0.39 is 0 Å². The van der Waals surface area contributed by atoms with E-state index in [2.05, 4.69) is 20.8 Å². The minimum absolute atomic E-state index is 0.0964. The van der Waals surface area contributed by atoms with Crippen molar-refractivity contribution in [1.29, 1.82) is 0 Å². The largest absolute Gasteiger partial charge is 0.339 e. The van der Waals surface area contributed by atoms with Crippen molar-refractivity contribution in [2.75, 3.05) is 18.4 Å². The molecule has 0 atom stereocenters. The van der Waals surface area contributed by atoms with Gasteiger partial charge in [-0.25, -0.2) is 4.68 Å². The first-order valence-corrected chi connectivity index (χ1v) is 8.02. The molecule has 0 aliphatic heterocycles. The van der Waals surface area contributed by atoms with E-state index in [-0.39, 0.29) is 18.2 Å². The molecule has 0 saturated carbocycles. The van der Waals surface area contributed by atoms with Crippen LogP contribution in [0.5, 0.6) is 0 Å². The molecule has 1 heterocycles.